The standard InChI is InChI=1S/C16H12BrNO6S/c1-3-4-18-15(21)12(25-16(18)22)7-9-5-10(17)14(11(6-9)23-2)24-8-13(19)20/h1,5-7H,4,8H2,2H3,(H,19,20)/p-1/b12-7-. The highest BCUT2D eigenvalue weighted by Crippen LogP contribution is 2.39. The molecule has 1 aliphatic rings. The van der Waals surface area contributed by atoms with Gasteiger partial charge in [-0.2, -0.15) is 0 Å². The topological polar surface area (TPSA) is 96.0 Å². The van der Waals surface area contributed by atoms with Gasteiger partial charge in [0, 0.05) is 0 Å². The molecule has 0 aliphatic carbocycles. The molecule has 0 unspecified atom stereocenters. The molecule has 0 aromatic heterocycles. The van der Waals surface area contributed by atoms with Crippen LogP contribution < -0.4 is 14.6 Å². The van der Waals surface area contributed by atoms with Gasteiger partial charge in [0.1, 0.15) is 6.61 Å². The van der Waals surface area contributed by atoms with Crippen LogP contribution in [0.1, 0.15) is 5.56 Å². The third-order valence-electron chi connectivity index (χ3n) is 3.01. The molecule has 1 fully saturated rings. The average Bonchev–Trinajstić information content (AvgIpc) is 2.81. The SMILES string of the molecule is C#CCN1C(=O)S/C(=C\c2cc(Br)c(OCC(=O)[O-])c(OC)c2)C1=O. The molecule has 2 rings (SSSR count). The number of imide groups is 1. The number of carboxylic acid groups (broad SMARTS) is 1. The Morgan fingerprint density at radius 2 is 2.20 bits per heavy atom. The summed E-state index contributed by atoms with van der Waals surface area (Å²) in [6.07, 6.45) is 6.66. The lowest BCUT2D eigenvalue weighted by Crippen LogP contribution is -2.29. The van der Waals surface area contributed by atoms with Gasteiger partial charge in [0.05, 0.1) is 29.0 Å². The Balaban J connectivity index is 2.33. The highest BCUT2D eigenvalue weighted by Gasteiger charge is 2.34. The Kier molecular flexibility index (Phi) is 6.12. The number of carbonyl (C=O) groups excluding carboxylic acids is 3. The van der Waals surface area contributed by atoms with E-state index in [0.717, 1.165) is 16.7 Å². The number of carbonyl (C=O) groups is 3. The van der Waals surface area contributed by atoms with Crippen LogP contribution in [-0.2, 0) is 9.59 Å². The second-order valence-corrected chi connectivity index (χ2v) is 6.51. The zero-order valence-electron chi connectivity index (χ0n) is 12.9. The summed E-state index contributed by atoms with van der Waals surface area (Å²) in [4.78, 5) is 35.7. The molecule has 1 aliphatic heterocycles. The van der Waals surface area contributed by atoms with Gasteiger partial charge in [0.2, 0.25) is 0 Å². The van der Waals surface area contributed by atoms with E-state index in [1.807, 2.05) is 0 Å². The quantitative estimate of drug-likeness (QED) is 0.500. The van der Waals surface area contributed by atoms with Gasteiger partial charge in [-0.1, -0.05) is 5.92 Å². The molecule has 130 valence electrons. The fourth-order valence-corrected chi connectivity index (χ4v) is 3.39. The summed E-state index contributed by atoms with van der Waals surface area (Å²) in [6.45, 7) is -0.732. The lowest BCUT2D eigenvalue weighted by atomic mass is 10.2. The molecule has 0 bridgehead atoms. The largest absolute Gasteiger partial charge is 0.546 e. The van der Waals surface area contributed by atoms with Gasteiger partial charge in [-0.05, 0) is 51.5 Å². The first-order chi connectivity index (χ1) is 11.9. The second kappa shape index (κ2) is 8.09. The molecular weight excluding hydrogens is 414 g/mol. The van der Waals surface area contributed by atoms with Crippen LogP contribution >= 0.6 is 27.7 Å². The highest BCUT2D eigenvalue weighted by atomic mass is 79.9. The Labute approximate surface area is 156 Å². The number of methoxy groups -OCH3 is 1. The molecule has 2 amide bonds. The second-order valence-electron chi connectivity index (χ2n) is 4.67. The number of carboxylic acids is 1. The number of hydrogen-bond acceptors (Lipinski definition) is 7. The minimum Gasteiger partial charge on any atom is -0.546 e. The molecule has 1 aromatic carbocycles. The van der Waals surface area contributed by atoms with Gasteiger partial charge in [-0.15, -0.1) is 6.42 Å². The summed E-state index contributed by atoms with van der Waals surface area (Å²) in [5.74, 6) is 0.852. The fraction of sp³-hybridized carbons (Fsp3) is 0.188. The van der Waals surface area contributed by atoms with Crippen molar-refractivity contribution in [2.24, 2.45) is 0 Å². The van der Waals surface area contributed by atoms with Crippen molar-refractivity contribution in [3.8, 4) is 23.8 Å². The normalized spacial score (nSPS) is 15.4. The van der Waals surface area contributed by atoms with Crippen LogP contribution in [0.2, 0.25) is 0 Å². The Hall–Kier alpha value is -2.44. The highest BCUT2D eigenvalue weighted by molar-refractivity contribution is 9.10. The molecule has 25 heavy (non-hydrogen) atoms. The van der Waals surface area contributed by atoms with Crippen LogP contribution in [0.5, 0.6) is 11.5 Å². The molecule has 0 spiro atoms. The summed E-state index contributed by atoms with van der Waals surface area (Å²) >= 11 is 4.04. The molecular formula is C16H11BrNO6S-. The van der Waals surface area contributed by atoms with E-state index in [1.165, 1.54) is 13.2 Å². The van der Waals surface area contributed by atoms with Crippen molar-refractivity contribution < 1.29 is 29.0 Å². The summed E-state index contributed by atoms with van der Waals surface area (Å²) in [5.41, 5.74) is 0.552. The molecule has 1 aromatic rings. The fourth-order valence-electron chi connectivity index (χ4n) is 1.97. The predicted octanol–water partition coefficient (Wildman–Crippen LogP) is 1.26. The maximum absolute atomic E-state index is 12.2. The van der Waals surface area contributed by atoms with Gasteiger partial charge in [-0.25, -0.2) is 0 Å². The van der Waals surface area contributed by atoms with E-state index in [4.69, 9.17) is 15.9 Å². The maximum Gasteiger partial charge on any atom is 0.294 e. The Morgan fingerprint density at radius 1 is 1.48 bits per heavy atom. The monoisotopic (exact) mass is 424 g/mol. The van der Waals surface area contributed by atoms with E-state index in [2.05, 4.69) is 21.9 Å². The van der Waals surface area contributed by atoms with Crippen molar-refractivity contribution in [3.05, 3.63) is 27.1 Å². The van der Waals surface area contributed by atoms with Crippen LogP contribution in [0.4, 0.5) is 4.79 Å². The number of nitrogens with zero attached hydrogens (tertiary/aromatic N) is 1. The van der Waals surface area contributed by atoms with Crippen molar-refractivity contribution in [1.82, 2.24) is 4.90 Å². The van der Waals surface area contributed by atoms with Gasteiger partial charge < -0.3 is 19.4 Å². The zero-order chi connectivity index (χ0) is 18.6. The number of ether oxygens (including phenoxy) is 2. The van der Waals surface area contributed by atoms with E-state index in [-0.39, 0.29) is 22.9 Å². The number of amides is 2. The van der Waals surface area contributed by atoms with Crippen LogP contribution in [-0.4, -0.2) is 42.3 Å². The third-order valence-corrected chi connectivity index (χ3v) is 4.50. The zero-order valence-corrected chi connectivity index (χ0v) is 15.3. The molecule has 0 saturated carbocycles. The summed E-state index contributed by atoms with van der Waals surface area (Å²) < 4.78 is 10.7. The van der Waals surface area contributed by atoms with E-state index in [0.29, 0.717) is 10.0 Å². The van der Waals surface area contributed by atoms with Crippen molar-refractivity contribution >= 4 is 50.9 Å². The van der Waals surface area contributed by atoms with Crippen molar-refractivity contribution in [3.63, 3.8) is 0 Å². The minimum absolute atomic E-state index is 0.0922. The summed E-state index contributed by atoms with van der Waals surface area (Å²) in [7, 11) is 1.39. The average molecular weight is 425 g/mol. The first-order valence-corrected chi connectivity index (χ1v) is 8.37. The van der Waals surface area contributed by atoms with Crippen LogP contribution in [0.25, 0.3) is 6.08 Å². The van der Waals surface area contributed by atoms with Gasteiger partial charge in [0.15, 0.2) is 11.5 Å². The molecule has 1 saturated heterocycles. The van der Waals surface area contributed by atoms with Gasteiger partial charge in [0.25, 0.3) is 11.1 Å². The van der Waals surface area contributed by atoms with Crippen LogP contribution in [0.15, 0.2) is 21.5 Å². The molecule has 7 nitrogen and oxygen atoms in total. The van der Waals surface area contributed by atoms with Crippen molar-refractivity contribution in [2.45, 2.75) is 0 Å². The molecule has 1 heterocycles. The van der Waals surface area contributed by atoms with E-state index in [1.54, 1.807) is 12.1 Å². The van der Waals surface area contributed by atoms with E-state index < -0.39 is 23.7 Å². The lowest BCUT2D eigenvalue weighted by Gasteiger charge is -2.14. The third kappa shape index (κ3) is 4.35. The number of aliphatic carboxylic acids is 1. The number of rotatable bonds is 6. The molecule has 0 N–H and O–H groups in total. The van der Waals surface area contributed by atoms with Crippen LogP contribution in [0.3, 0.4) is 0 Å². The van der Waals surface area contributed by atoms with Gasteiger partial charge >= 0.3 is 0 Å². The number of hydrogen-bond donors (Lipinski definition) is 0. The number of halogens is 1. The number of thioether (sulfide) groups is 1. The first kappa shape index (κ1) is 18.9. The van der Waals surface area contributed by atoms with E-state index in [9.17, 15) is 19.5 Å². The first-order valence-electron chi connectivity index (χ1n) is 6.76. The van der Waals surface area contributed by atoms with Gasteiger partial charge in [-0.3, -0.25) is 14.5 Å². The molecule has 0 atom stereocenters. The number of benzene rings is 1. The number of terminal acetylenes is 1. The maximum atomic E-state index is 12.2. The summed E-state index contributed by atoms with van der Waals surface area (Å²) in [5, 5.41) is 10.1. The Morgan fingerprint density at radius 3 is 2.80 bits per heavy atom. The van der Waals surface area contributed by atoms with E-state index >= 15 is 0 Å². The molecule has 9 heteroatoms. The predicted molar refractivity (Wildman–Crippen MR) is 92.7 cm³/mol. The lowest BCUT2D eigenvalue weighted by molar-refractivity contribution is -0.307. The summed E-state index contributed by atoms with van der Waals surface area (Å²) in [6, 6.07) is 3.15. The smallest absolute Gasteiger partial charge is 0.294 e. The molecule has 0 radical (unpaired) electrons. The van der Waals surface area contributed by atoms with Crippen LogP contribution in [0, 0.1) is 12.3 Å². The van der Waals surface area contributed by atoms with Crippen molar-refractivity contribution in [1.29, 1.82) is 0 Å². The van der Waals surface area contributed by atoms with Crippen molar-refractivity contribution in [2.75, 3.05) is 20.3 Å². The Bertz CT molecular complexity index is 814. The minimum atomic E-state index is -1.37.